The average Bonchev–Trinajstić information content (AvgIpc) is 2.47. The number of pyridine rings is 1. The number of anilines is 1. The Hall–Kier alpha value is -1.22. The first-order valence-electron chi connectivity index (χ1n) is 5.99. The molecule has 0 aliphatic carbocycles. The summed E-state index contributed by atoms with van der Waals surface area (Å²) in [5.41, 5.74) is 1.85. The van der Waals surface area contributed by atoms with Gasteiger partial charge in [-0.15, -0.1) is 6.42 Å². The number of terminal acetylenes is 1. The third-order valence-corrected chi connectivity index (χ3v) is 4.24. The highest BCUT2D eigenvalue weighted by atomic mass is 79.9. The molecular formula is C15H11Br2ClN2O. The van der Waals surface area contributed by atoms with E-state index < -0.39 is 0 Å². The number of nitrogens with zero attached hydrogens (tertiary/aromatic N) is 1. The van der Waals surface area contributed by atoms with Crippen molar-refractivity contribution in [1.29, 1.82) is 0 Å². The predicted molar refractivity (Wildman–Crippen MR) is 92.7 cm³/mol. The minimum atomic E-state index is 0.239. The van der Waals surface area contributed by atoms with Crippen molar-refractivity contribution < 1.29 is 4.74 Å². The smallest absolute Gasteiger partial charge is 0.148 e. The van der Waals surface area contributed by atoms with Gasteiger partial charge in [-0.2, -0.15) is 0 Å². The highest BCUT2D eigenvalue weighted by molar-refractivity contribution is 9.10. The molecule has 1 heterocycles. The van der Waals surface area contributed by atoms with Crippen molar-refractivity contribution >= 4 is 49.1 Å². The second-order valence-electron chi connectivity index (χ2n) is 4.10. The number of hydrogen-bond acceptors (Lipinski definition) is 3. The van der Waals surface area contributed by atoms with Crippen molar-refractivity contribution in [1.82, 2.24) is 4.98 Å². The van der Waals surface area contributed by atoms with E-state index in [9.17, 15) is 0 Å². The molecule has 0 unspecified atom stereocenters. The molecule has 0 radical (unpaired) electrons. The van der Waals surface area contributed by atoms with E-state index in [4.69, 9.17) is 22.8 Å². The molecule has 3 nitrogen and oxygen atoms in total. The van der Waals surface area contributed by atoms with Crippen molar-refractivity contribution in [2.45, 2.75) is 6.54 Å². The van der Waals surface area contributed by atoms with E-state index in [0.29, 0.717) is 11.7 Å². The van der Waals surface area contributed by atoms with E-state index in [2.05, 4.69) is 48.1 Å². The van der Waals surface area contributed by atoms with Gasteiger partial charge in [-0.05, 0) is 40.2 Å². The second-order valence-corrected chi connectivity index (χ2v) is 6.22. The maximum Gasteiger partial charge on any atom is 0.148 e. The zero-order valence-electron chi connectivity index (χ0n) is 10.9. The van der Waals surface area contributed by atoms with Crippen LogP contribution in [0, 0.1) is 12.3 Å². The summed E-state index contributed by atoms with van der Waals surface area (Å²) >= 11 is 12.7. The van der Waals surface area contributed by atoms with Gasteiger partial charge in [0.25, 0.3) is 0 Å². The first kappa shape index (κ1) is 16.2. The molecule has 0 bridgehead atoms. The Morgan fingerprint density at radius 1 is 1.33 bits per heavy atom. The van der Waals surface area contributed by atoms with Crippen LogP contribution in [0.2, 0.25) is 5.15 Å². The summed E-state index contributed by atoms with van der Waals surface area (Å²) in [6, 6.07) is 7.65. The monoisotopic (exact) mass is 428 g/mol. The lowest BCUT2D eigenvalue weighted by atomic mass is 10.2. The maximum atomic E-state index is 5.87. The van der Waals surface area contributed by atoms with E-state index in [0.717, 1.165) is 25.9 Å². The zero-order chi connectivity index (χ0) is 15.2. The lowest BCUT2D eigenvalue weighted by Crippen LogP contribution is -2.04. The van der Waals surface area contributed by atoms with Crippen LogP contribution in [0.1, 0.15) is 5.56 Å². The molecule has 0 atom stereocenters. The summed E-state index contributed by atoms with van der Waals surface area (Å²) < 4.78 is 7.25. The number of ether oxygens (including phenoxy) is 1. The van der Waals surface area contributed by atoms with Crippen LogP contribution in [0.25, 0.3) is 0 Å². The Morgan fingerprint density at radius 3 is 2.86 bits per heavy atom. The fourth-order valence-electron chi connectivity index (χ4n) is 1.66. The number of halogens is 3. The lowest BCUT2D eigenvalue weighted by Gasteiger charge is -2.12. The van der Waals surface area contributed by atoms with E-state index in [1.54, 1.807) is 6.20 Å². The fraction of sp³-hybridized carbons (Fsp3) is 0.133. The van der Waals surface area contributed by atoms with Crippen LogP contribution in [0.3, 0.4) is 0 Å². The van der Waals surface area contributed by atoms with E-state index in [1.165, 1.54) is 0 Å². The molecule has 0 aliphatic rings. The van der Waals surface area contributed by atoms with E-state index in [-0.39, 0.29) is 6.61 Å². The molecule has 1 aromatic carbocycles. The van der Waals surface area contributed by atoms with Crippen LogP contribution in [0.5, 0.6) is 5.75 Å². The van der Waals surface area contributed by atoms with Crippen LogP contribution in [-0.4, -0.2) is 11.6 Å². The Kier molecular flexibility index (Phi) is 5.92. The molecule has 0 aliphatic heterocycles. The number of hydrogen-bond donors (Lipinski definition) is 1. The Balaban J connectivity index is 2.13. The molecule has 108 valence electrons. The first-order valence-corrected chi connectivity index (χ1v) is 7.96. The predicted octanol–water partition coefficient (Wildman–Crippen LogP) is 4.88. The fourth-order valence-corrected chi connectivity index (χ4v) is 2.52. The second kappa shape index (κ2) is 7.69. The van der Waals surface area contributed by atoms with Gasteiger partial charge in [0.15, 0.2) is 0 Å². The van der Waals surface area contributed by atoms with Gasteiger partial charge in [0.2, 0.25) is 0 Å². The number of benzene rings is 1. The average molecular weight is 431 g/mol. The van der Waals surface area contributed by atoms with E-state index in [1.807, 2.05) is 24.3 Å². The summed E-state index contributed by atoms with van der Waals surface area (Å²) in [7, 11) is 0. The number of nitrogens with one attached hydrogen (secondary N) is 1. The van der Waals surface area contributed by atoms with E-state index >= 15 is 0 Å². The van der Waals surface area contributed by atoms with Gasteiger partial charge in [-0.1, -0.05) is 33.5 Å². The van der Waals surface area contributed by atoms with Crippen molar-refractivity contribution in [2.24, 2.45) is 0 Å². The van der Waals surface area contributed by atoms with Gasteiger partial charge in [0.05, 0.1) is 16.4 Å². The summed E-state index contributed by atoms with van der Waals surface area (Å²) in [6.07, 6.45) is 6.90. The highest BCUT2D eigenvalue weighted by Crippen LogP contribution is 2.26. The minimum absolute atomic E-state index is 0.239. The highest BCUT2D eigenvalue weighted by Gasteiger charge is 2.06. The van der Waals surface area contributed by atoms with Crippen LogP contribution >= 0.6 is 43.5 Å². The van der Waals surface area contributed by atoms with Gasteiger partial charge >= 0.3 is 0 Å². The third kappa shape index (κ3) is 4.63. The van der Waals surface area contributed by atoms with Gasteiger partial charge < -0.3 is 10.1 Å². The first-order chi connectivity index (χ1) is 10.1. The molecule has 0 amide bonds. The summed E-state index contributed by atoms with van der Waals surface area (Å²) in [4.78, 5) is 4.07. The molecule has 0 saturated heterocycles. The Morgan fingerprint density at radius 2 is 2.14 bits per heavy atom. The summed E-state index contributed by atoms with van der Waals surface area (Å²) in [5.74, 6) is 3.21. The van der Waals surface area contributed by atoms with Crippen molar-refractivity contribution in [3.63, 3.8) is 0 Å². The quantitative estimate of drug-likeness (QED) is 0.542. The Labute approximate surface area is 145 Å². The molecule has 0 spiro atoms. The van der Waals surface area contributed by atoms with Crippen molar-refractivity contribution in [3.8, 4) is 18.1 Å². The Bertz CT molecular complexity index is 686. The van der Waals surface area contributed by atoms with Crippen LogP contribution in [-0.2, 0) is 6.54 Å². The molecule has 6 heteroatoms. The molecule has 1 N–H and O–H groups in total. The third-order valence-electron chi connectivity index (χ3n) is 2.61. The van der Waals surface area contributed by atoms with Gasteiger partial charge in [0.1, 0.15) is 17.5 Å². The molecule has 21 heavy (non-hydrogen) atoms. The minimum Gasteiger partial charge on any atom is -0.481 e. The standard InChI is InChI=1S/C15H11Br2ClN2O/c1-2-5-21-14-4-3-11(16)6-10(14)8-19-12-7-13(17)15(18)20-9-12/h1,3-4,6-7,9,19H,5,8H2. The SMILES string of the molecule is C#CCOc1ccc(Br)cc1CNc1cnc(Cl)c(Br)c1. The molecule has 0 saturated carbocycles. The van der Waals surface area contributed by atoms with Gasteiger partial charge in [-0.3, -0.25) is 0 Å². The van der Waals surface area contributed by atoms with Gasteiger partial charge in [-0.25, -0.2) is 4.98 Å². The van der Waals surface area contributed by atoms with Crippen molar-refractivity contribution in [2.75, 3.05) is 11.9 Å². The molecule has 2 aromatic rings. The normalized spacial score (nSPS) is 10.0. The maximum absolute atomic E-state index is 5.87. The topological polar surface area (TPSA) is 34.1 Å². The zero-order valence-corrected chi connectivity index (χ0v) is 14.8. The number of rotatable bonds is 5. The largest absolute Gasteiger partial charge is 0.481 e. The molecular weight excluding hydrogens is 419 g/mol. The number of aromatic nitrogens is 1. The van der Waals surface area contributed by atoms with Crippen LogP contribution < -0.4 is 10.1 Å². The summed E-state index contributed by atoms with van der Waals surface area (Å²) in [6.45, 7) is 0.817. The van der Waals surface area contributed by atoms with Crippen LogP contribution in [0.15, 0.2) is 39.4 Å². The lowest BCUT2D eigenvalue weighted by molar-refractivity contribution is 0.366. The van der Waals surface area contributed by atoms with Crippen LogP contribution in [0.4, 0.5) is 5.69 Å². The molecule has 0 fully saturated rings. The molecule has 2 rings (SSSR count). The van der Waals surface area contributed by atoms with Crippen molar-refractivity contribution in [3.05, 3.63) is 50.1 Å². The molecule has 1 aromatic heterocycles. The van der Waals surface area contributed by atoms with Gasteiger partial charge in [0, 0.05) is 16.6 Å². The summed E-state index contributed by atoms with van der Waals surface area (Å²) in [5, 5.41) is 3.70.